The van der Waals surface area contributed by atoms with E-state index in [0.29, 0.717) is 4.22 Å². The molecule has 0 fully saturated rings. The molecule has 0 saturated carbocycles. The van der Waals surface area contributed by atoms with Crippen LogP contribution in [0.5, 0.6) is 0 Å². The zero-order valence-corrected chi connectivity index (χ0v) is 15.7. The summed E-state index contributed by atoms with van der Waals surface area (Å²) in [5.41, 5.74) is 2.95. The Morgan fingerprint density at radius 1 is 1.14 bits per heavy atom. The van der Waals surface area contributed by atoms with Crippen molar-refractivity contribution in [3.8, 4) is 0 Å². The van der Waals surface area contributed by atoms with Gasteiger partial charge in [0.15, 0.2) is 0 Å². The SMILES string of the molecule is [CH3][Ti]([I])([I])([I])[CH]1C=Cc2ccccc21. The number of allylic oxidation sites excluding steroid dienone is 1. The predicted octanol–water partition coefficient (Wildman–Crippen LogP) is 5.54. The van der Waals surface area contributed by atoms with Crippen LogP contribution in [0.3, 0.4) is 0 Å². The molecule has 2 rings (SSSR count). The number of halogens is 3. The van der Waals surface area contributed by atoms with Crippen molar-refractivity contribution in [3.05, 3.63) is 41.5 Å². The Balaban J connectivity index is 2.51. The number of rotatable bonds is 1. The van der Waals surface area contributed by atoms with E-state index in [1.54, 1.807) is 0 Å². The molecule has 1 atom stereocenters. The first-order valence-corrected chi connectivity index (χ1v) is 22.0. The summed E-state index contributed by atoms with van der Waals surface area (Å²) in [5.74, 6) is 0. The molecular formula is C10H10I3Ti. The summed E-state index contributed by atoms with van der Waals surface area (Å²) in [6.45, 7) is 0. The van der Waals surface area contributed by atoms with Crippen molar-refractivity contribution in [2.75, 3.05) is 0 Å². The minimum atomic E-state index is -2.29. The van der Waals surface area contributed by atoms with Gasteiger partial charge in [-0.15, -0.1) is 0 Å². The Morgan fingerprint density at radius 3 is 2.43 bits per heavy atom. The quantitative estimate of drug-likeness (QED) is 0.314. The first-order valence-electron chi connectivity index (χ1n) is 4.43. The molecule has 1 aromatic carbocycles. The Bertz CT molecular complexity index is 394. The topological polar surface area (TPSA) is 0 Å². The van der Waals surface area contributed by atoms with E-state index in [1.807, 2.05) is 0 Å². The standard InChI is InChI=1S/C9H7.CH3.3HI.Ti/c1-2-5-9-7-3-6-8(9)4-1;;;;;/h1-7H;1H3;3*1H;/q;;;;;+3/p-3. The van der Waals surface area contributed by atoms with Crippen LogP contribution >= 0.6 is 57.6 Å². The van der Waals surface area contributed by atoms with Gasteiger partial charge in [0.05, 0.1) is 0 Å². The summed E-state index contributed by atoms with van der Waals surface area (Å²) < 4.78 is -1.61. The normalized spacial score (nSPS) is 22.9. The van der Waals surface area contributed by atoms with Crippen molar-refractivity contribution in [2.24, 2.45) is 0 Å². The van der Waals surface area contributed by atoms with Crippen LogP contribution in [0.4, 0.5) is 0 Å². The van der Waals surface area contributed by atoms with E-state index in [1.165, 1.54) is 11.1 Å². The van der Waals surface area contributed by atoms with Crippen molar-refractivity contribution in [1.82, 2.24) is 0 Å². The van der Waals surface area contributed by atoms with Crippen LogP contribution in [-0.2, 0) is 4.06 Å². The second-order valence-corrected chi connectivity index (χ2v) is 69.1. The van der Waals surface area contributed by atoms with Crippen molar-refractivity contribution in [1.29, 1.82) is 0 Å². The molecule has 0 spiro atoms. The zero-order chi connectivity index (χ0) is 10.4. The Morgan fingerprint density at radius 2 is 1.79 bits per heavy atom. The molecule has 0 heterocycles. The van der Waals surface area contributed by atoms with Crippen molar-refractivity contribution in [2.45, 2.75) is 9.45 Å². The average molecular weight is 559 g/mol. The second kappa shape index (κ2) is 3.96. The Hall–Kier alpha value is 1.86. The van der Waals surface area contributed by atoms with E-state index in [4.69, 9.17) is 0 Å². The fraction of sp³-hybridized carbons (Fsp3) is 0.200. The predicted molar refractivity (Wildman–Crippen MR) is 86.1 cm³/mol. The maximum atomic E-state index is 2.72. The molecule has 0 amide bonds. The van der Waals surface area contributed by atoms with Gasteiger partial charge in [-0.3, -0.25) is 0 Å². The molecule has 0 N–H and O–H groups in total. The van der Waals surface area contributed by atoms with E-state index >= 15 is 0 Å². The third kappa shape index (κ3) is 2.57. The van der Waals surface area contributed by atoms with Crippen molar-refractivity contribution in [3.63, 3.8) is 0 Å². The van der Waals surface area contributed by atoms with Gasteiger partial charge in [-0.25, -0.2) is 0 Å². The van der Waals surface area contributed by atoms with Crippen molar-refractivity contribution >= 4 is 63.6 Å². The molecular weight excluding hydrogens is 549 g/mol. The molecule has 0 saturated heterocycles. The first-order chi connectivity index (χ1) is 6.35. The van der Waals surface area contributed by atoms with Crippen LogP contribution in [0.1, 0.15) is 15.3 Å². The van der Waals surface area contributed by atoms with Crippen LogP contribution in [0, 0.1) is 0 Å². The summed E-state index contributed by atoms with van der Waals surface area (Å²) in [7, 11) is 0. The Labute approximate surface area is 116 Å². The number of fused-ring (bicyclic) bond motifs is 1. The third-order valence-corrected chi connectivity index (χ3v) is 13.6. The van der Waals surface area contributed by atoms with Gasteiger partial charge in [-0.1, -0.05) is 0 Å². The van der Waals surface area contributed by atoms with Crippen LogP contribution in [0.15, 0.2) is 30.3 Å². The van der Waals surface area contributed by atoms with Crippen LogP contribution in [-0.4, -0.2) is 0 Å². The van der Waals surface area contributed by atoms with E-state index in [0.717, 1.165) is 0 Å². The van der Waals surface area contributed by atoms with Crippen LogP contribution < -0.4 is 0 Å². The fourth-order valence-corrected chi connectivity index (χ4v) is 10.7. The van der Waals surface area contributed by atoms with E-state index in [-0.39, 0.29) is 0 Å². The molecule has 0 bridgehead atoms. The number of hydrogen-bond acceptors (Lipinski definition) is 0. The van der Waals surface area contributed by atoms with Gasteiger partial charge < -0.3 is 0 Å². The summed E-state index contributed by atoms with van der Waals surface area (Å²) in [4.78, 5) is 0. The first kappa shape index (κ1) is 12.3. The van der Waals surface area contributed by atoms with E-state index in [2.05, 4.69) is 99.2 Å². The average Bonchev–Trinajstić information content (AvgIpc) is 2.44. The molecule has 0 radical (unpaired) electrons. The third-order valence-electron chi connectivity index (χ3n) is 2.46. The van der Waals surface area contributed by atoms with Gasteiger partial charge in [0, 0.05) is 0 Å². The molecule has 75 valence electrons. The molecule has 1 unspecified atom stereocenters. The summed E-state index contributed by atoms with van der Waals surface area (Å²) in [5, 5.41) is 2.47. The van der Waals surface area contributed by atoms with Gasteiger partial charge >= 0.3 is 119 Å². The van der Waals surface area contributed by atoms with Gasteiger partial charge in [0.2, 0.25) is 0 Å². The molecule has 4 heteroatoms. The van der Waals surface area contributed by atoms with E-state index < -0.39 is 4.06 Å². The summed E-state index contributed by atoms with van der Waals surface area (Å²) in [6.07, 6.45) is 4.68. The van der Waals surface area contributed by atoms with Gasteiger partial charge in [-0.05, 0) is 0 Å². The molecule has 0 aliphatic heterocycles. The molecule has 0 nitrogen and oxygen atoms in total. The molecule has 14 heavy (non-hydrogen) atoms. The number of hydrogen-bond donors (Lipinski definition) is 0. The summed E-state index contributed by atoms with van der Waals surface area (Å²) >= 11 is 8.17. The second-order valence-electron chi connectivity index (χ2n) is 3.86. The maximum absolute atomic E-state index is 2.72. The number of benzene rings is 1. The van der Waals surface area contributed by atoms with Gasteiger partial charge in [0.1, 0.15) is 0 Å². The Kier molecular flexibility index (Phi) is 3.49. The van der Waals surface area contributed by atoms with Gasteiger partial charge in [0.25, 0.3) is 0 Å². The summed E-state index contributed by atoms with van der Waals surface area (Å²) in [6, 6.07) is 8.77. The monoisotopic (exact) mass is 559 g/mol. The van der Waals surface area contributed by atoms with Crippen molar-refractivity contribution < 1.29 is 4.06 Å². The zero-order valence-electron chi connectivity index (χ0n) is 7.68. The van der Waals surface area contributed by atoms with Crippen LogP contribution in [0.2, 0.25) is 5.23 Å². The van der Waals surface area contributed by atoms with E-state index in [9.17, 15) is 0 Å². The molecule has 1 aliphatic carbocycles. The molecule has 1 aromatic rings. The minimum absolute atomic E-state index is 0.685. The van der Waals surface area contributed by atoms with Crippen LogP contribution in [0.25, 0.3) is 6.08 Å². The molecule has 1 aliphatic rings. The van der Waals surface area contributed by atoms with Gasteiger partial charge in [-0.2, -0.15) is 0 Å². The molecule has 0 aromatic heterocycles. The fourth-order valence-electron chi connectivity index (χ4n) is 1.79.